The molecule has 3 aromatic carbocycles. The normalized spacial score (nSPS) is 21.3. The lowest BCUT2D eigenvalue weighted by molar-refractivity contribution is -0.168. The molecule has 204 valence electrons. The van der Waals surface area contributed by atoms with E-state index in [1.807, 2.05) is 78.9 Å². The molecule has 0 aromatic heterocycles. The van der Waals surface area contributed by atoms with Crippen molar-refractivity contribution in [3.8, 4) is 0 Å². The highest BCUT2D eigenvalue weighted by molar-refractivity contribution is 6.01. The van der Waals surface area contributed by atoms with Crippen molar-refractivity contribution in [3.05, 3.63) is 107 Å². The standard InChI is InChI=1S/C32H34O7/c1-35-30(33)32(31(34)36-2)17-25-14-13-24(15-26(25)18-32)27-16-28(38-20-23-11-7-4-8-12-23)29(39-27)21-37-19-22-9-5-3-6-10-22/h3-15,27-29H,16-21H2,1-2H3/t27-,28+,29-/m1/s1. The molecular formula is C32H34O7. The first-order valence-corrected chi connectivity index (χ1v) is 13.2. The summed E-state index contributed by atoms with van der Waals surface area (Å²) in [4.78, 5) is 25.3. The zero-order valence-corrected chi connectivity index (χ0v) is 22.3. The summed E-state index contributed by atoms with van der Waals surface area (Å²) in [6, 6.07) is 26.1. The maximum Gasteiger partial charge on any atom is 0.323 e. The molecule has 2 aliphatic rings. The fourth-order valence-electron chi connectivity index (χ4n) is 5.56. The molecule has 0 radical (unpaired) electrons. The smallest absolute Gasteiger partial charge is 0.323 e. The van der Waals surface area contributed by atoms with Gasteiger partial charge in [0.1, 0.15) is 6.10 Å². The minimum Gasteiger partial charge on any atom is -0.468 e. The van der Waals surface area contributed by atoms with Crippen LogP contribution in [-0.2, 0) is 59.3 Å². The number of hydrogen-bond donors (Lipinski definition) is 0. The minimum absolute atomic E-state index is 0.150. The number of esters is 2. The summed E-state index contributed by atoms with van der Waals surface area (Å²) in [5, 5.41) is 0. The molecule has 0 N–H and O–H groups in total. The summed E-state index contributed by atoms with van der Waals surface area (Å²) in [5.74, 6) is -1.15. The largest absolute Gasteiger partial charge is 0.468 e. The van der Waals surface area contributed by atoms with Gasteiger partial charge in [0.2, 0.25) is 0 Å². The van der Waals surface area contributed by atoms with Gasteiger partial charge in [-0.05, 0) is 40.7 Å². The summed E-state index contributed by atoms with van der Waals surface area (Å²) in [7, 11) is 2.59. The molecule has 0 amide bonds. The van der Waals surface area contributed by atoms with Gasteiger partial charge in [0.05, 0.1) is 46.2 Å². The number of benzene rings is 3. The molecule has 5 rings (SSSR count). The topological polar surface area (TPSA) is 80.3 Å². The second-order valence-electron chi connectivity index (χ2n) is 10.2. The Hall–Kier alpha value is -3.52. The summed E-state index contributed by atoms with van der Waals surface area (Å²) < 4.78 is 28.9. The van der Waals surface area contributed by atoms with E-state index in [1.165, 1.54) is 14.2 Å². The highest BCUT2D eigenvalue weighted by atomic mass is 16.6. The van der Waals surface area contributed by atoms with Crippen LogP contribution in [0.4, 0.5) is 0 Å². The lowest BCUT2D eigenvalue weighted by atomic mass is 9.85. The Morgan fingerprint density at radius 1 is 0.821 bits per heavy atom. The van der Waals surface area contributed by atoms with Crippen LogP contribution in [0.5, 0.6) is 0 Å². The third kappa shape index (κ3) is 5.91. The Bertz CT molecular complexity index is 1260. The van der Waals surface area contributed by atoms with E-state index in [0.717, 1.165) is 27.8 Å². The van der Waals surface area contributed by atoms with Gasteiger partial charge in [-0.25, -0.2) is 0 Å². The fraction of sp³-hybridized carbons (Fsp3) is 0.375. The first-order chi connectivity index (χ1) is 19.0. The Morgan fingerprint density at radius 3 is 2.08 bits per heavy atom. The van der Waals surface area contributed by atoms with Gasteiger partial charge in [0.15, 0.2) is 5.41 Å². The SMILES string of the molecule is COC(=O)C1(C(=O)OC)Cc2ccc([C@H]3C[C@H](OCc4ccccc4)[C@@H](COCc4ccccc4)O3)cc2C1. The molecule has 7 nitrogen and oxygen atoms in total. The Labute approximate surface area is 229 Å². The molecule has 39 heavy (non-hydrogen) atoms. The second kappa shape index (κ2) is 12.1. The van der Waals surface area contributed by atoms with Crippen LogP contribution in [0.15, 0.2) is 78.9 Å². The molecule has 1 heterocycles. The van der Waals surface area contributed by atoms with Crippen LogP contribution in [0.2, 0.25) is 0 Å². The van der Waals surface area contributed by atoms with Crippen molar-refractivity contribution in [2.24, 2.45) is 5.41 Å². The highest BCUT2D eigenvalue weighted by Crippen LogP contribution is 2.42. The summed E-state index contributed by atoms with van der Waals surface area (Å²) >= 11 is 0. The Balaban J connectivity index is 1.30. The van der Waals surface area contributed by atoms with Gasteiger partial charge in [-0.2, -0.15) is 0 Å². The fourth-order valence-corrected chi connectivity index (χ4v) is 5.56. The van der Waals surface area contributed by atoms with Crippen molar-refractivity contribution >= 4 is 11.9 Å². The second-order valence-corrected chi connectivity index (χ2v) is 10.2. The van der Waals surface area contributed by atoms with E-state index in [2.05, 4.69) is 0 Å². The lowest BCUT2D eigenvalue weighted by Gasteiger charge is -2.22. The van der Waals surface area contributed by atoms with E-state index >= 15 is 0 Å². The lowest BCUT2D eigenvalue weighted by Crippen LogP contribution is -2.42. The van der Waals surface area contributed by atoms with Crippen LogP contribution in [0.3, 0.4) is 0 Å². The van der Waals surface area contributed by atoms with Crippen LogP contribution < -0.4 is 0 Å². The number of fused-ring (bicyclic) bond motifs is 1. The molecule has 1 aliphatic heterocycles. The average molecular weight is 531 g/mol. The summed E-state index contributed by atoms with van der Waals surface area (Å²) in [6.07, 6.45) is 0.576. The number of carbonyl (C=O) groups excluding carboxylic acids is 2. The van der Waals surface area contributed by atoms with E-state index in [4.69, 9.17) is 23.7 Å². The molecule has 0 unspecified atom stereocenters. The monoisotopic (exact) mass is 530 g/mol. The van der Waals surface area contributed by atoms with Gasteiger partial charge >= 0.3 is 11.9 Å². The molecule has 1 saturated heterocycles. The maximum atomic E-state index is 12.6. The van der Waals surface area contributed by atoms with Crippen LogP contribution in [0.25, 0.3) is 0 Å². The maximum absolute atomic E-state index is 12.6. The van der Waals surface area contributed by atoms with Gasteiger partial charge in [0, 0.05) is 6.42 Å². The van der Waals surface area contributed by atoms with Crippen molar-refractivity contribution in [1.29, 1.82) is 0 Å². The van der Waals surface area contributed by atoms with E-state index in [9.17, 15) is 9.59 Å². The molecule has 1 fully saturated rings. The van der Waals surface area contributed by atoms with Crippen LogP contribution in [0.1, 0.15) is 40.3 Å². The molecule has 3 aromatic rings. The molecule has 0 saturated carbocycles. The van der Waals surface area contributed by atoms with Gasteiger partial charge in [0.25, 0.3) is 0 Å². The van der Waals surface area contributed by atoms with Gasteiger partial charge in [-0.15, -0.1) is 0 Å². The number of rotatable bonds is 10. The Morgan fingerprint density at radius 2 is 1.44 bits per heavy atom. The van der Waals surface area contributed by atoms with E-state index in [-0.39, 0.29) is 31.2 Å². The predicted octanol–water partition coefficient (Wildman–Crippen LogP) is 4.75. The highest BCUT2D eigenvalue weighted by Gasteiger charge is 2.52. The van der Waals surface area contributed by atoms with Crippen molar-refractivity contribution in [3.63, 3.8) is 0 Å². The third-order valence-electron chi connectivity index (χ3n) is 7.64. The molecule has 0 spiro atoms. The number of carbonyl (C=O) groups is 2. The molecule has 1 aliphatic carbocycles. The van der Waals surface area contributed by atoms with Crippen molar-refractivity contribution in [2.75, 3.05) is 20.8 Å². The molecule has 0 bridgehead atoms. The van der Waals surface area contributed by atoms with Gasteiger partial charge < -0.3 is 23.7 Å². The van der Waals surface area contributed by atoms with Gasteiger partial charge in [-0.1, -0.05) is 78.9 Å². The first-order valence-electron chi connectivity index (χ1n) is 13.2. The number of methoxy groups -OCH3 is 2. The van der Waals surface area contributed by atoms with Crippen molar-refractivity contribution in [2.45, 2.75) is 50.8 Å². The van der Waals surface area contributed by atoms with E-state index < -0.39 is 17.4 Å². The van der Waals surface area contributed by atoms with Crippen molar-refractivity contribution in [1.82, 2.24) is 0 Å². The zero-order chi connectivity index (χ0) is 27.2. The van der Waals surface area contributed by atoms with Crippen molar-refractivity contribution < 1.29 is 33.3 Å². The average Bonchev–Trinajstić information content (AvgIpc) is 3.58. The molecular weight excluding hydrogens is 496 g/mol. The predicted molar refractivity (Wildman–Crippen MR) is 144 cm³/mol. The molecule has 3 atom stereocenters. The molecule has 7 heteroatoms. The van der Waals surface area contributed by atoms with E-state index in [0.29, 0.717) is 26.2 Å². The first kappa shape index (κ1) is 27.1. The van der Waals surface area contributed by atoms with E-state index in [1.54, 1.807) is 0 Å². The van der Waals surface area contributed by atoms with Gasteiger partial charge in [-0.3, -0.25) is 9.59 Å². The van der Waals surface area contributed by atoms with Crippen LogP contribution >= 0.6 is 0 Å². The summed E-state index contributed by atoms with van der Waals surface area (Å²) in [5.41, 5.74) is 3.70. The van der Waals surface area contributed by atoms with Crippen LogP contribution in [-0.4, -0.2) is 45.0 Å². The Kier molecular flexibility index (Phi) is 8.41. The number of hydrogen-bond acceptors (Lipinski definition) is 7. The quantitative estimate of drug-likeness (QED) is 0.276. The minimum atomic E-state index is -1.35. The zero-order valence-electron chi connectivity index (χ0n) is 22.3. The third-order valence-corrected chi connectivity index (χ3v) is 7.64. The summed E-state index contributed by atoms with van der Waals surface area (Å²) in [6.45, 7) is 1.39. The van der Waals surface area contributed by atoms with Crippen LogP contribution in [0, 0.1) is 5.41 Å². The number of ether oxygens (including phenoxy) is 5.